The molecule has 2 unspecified atom stereocenters. The van der Waals surface area contributed by atoms with Crippen LogP contribution in [0.15, 0.2) is 24.3 Å². The second-order valence-corrected chi connectivity index (χ2v) is 6.88. The SMILES string of the molecule is CC(C)(C)c1ccc(NC(=O)NC2CCCCC2O)cc1. The Labute approximate surface area is 126 Å². The van der Waals surface area contributed by atoms with Gasteiger partial charge >= 0.3 is 6.03 Å². The number of rotatable bonds is 2. The van der Waals surface area contributed by atoms with E-state index in [1.807, 2.05) is 24.3 Å². The van der Waals surface area contributed by atoms with E-state index < -0.39 is 6.10 Å². The zero-order chi connectivity index (χ0) is 15.5. The molecule has 21 heavy (non-hydrogen) atoms. The number of carbonyl (C=O) groups excluding carboxylic acids is 1. The minimum atomic E-state index is -0.423. The van der Waals surface area contributed by atoms with Crippen LogP contribution in [-0.4, -0.2) is 23.3 Å². The number of nitrogens with one attached hydrogen (secondary N) is 2. The van der Waals surface area contributed by atoms with Gasteiger partial charge < -0.3 is 15.7 Å². The molecular weight excluding hydrogens is 264 g/mol. The Morgan fingerprint density at radius 1 is 1.14 bits per heavy atom. The van der Waals surface area contributed by atoms with Crippen LogP contribution in [0.2, 0.25) is 0 Å². The van der Waals surface area contributed by atoms with E-state index in [2.05, 4.69) is 31.4 Å². The third kappa shape index (κ3) is 4.46. The summed E-state index contributed by atoms with van der Waals surface area (Å²) in [6.45, 7) is 6.48. The monoisotopic (exact) mass is 290 g/mol. The Morgan fingerprint density at radius 2 is 1.76 bits per heavy atom. The lowest BCUT2D eigenvalue weighted by atomic mass is 9.87. The van der Waals surface area contributed by atoms with Gasteiger partial charge in [0.25, 0.3) is 0 Å². The first-order valence-electron chi connectivity index (χ1n) is 7.72. The molecule has 1 saturated carbocycles. The Hall–Kier alpha value is -1.55. The van der Waals surface area contributed by atoms with Gasteiger partial charge in [-0.05, 0) is 36.0 Å². The molecule has 4 heteroatoms. The topological polar surface area (TPSA) is 61.4 Å². The molecule has 1 fully saturated rings. The molecule has 1 aromatic rings. The minimum absolute atomic E-state index is 0.104. The van der Waals surface area contributed by atoms with Crippen molar-refractivity contribution in [3.05, 3.63) is 29.8 Å². The number of hydrogen-bond donors (Lipinski definition) is 3. The zero-order valence-corrected chi connectivity index (χ0v) is 13.1. The van der Waals surface area contributed by atoms with Crippen LogP contribution in [-0.2, 0) is 5.41 Å². The first-order valence-corrected chi connectivity index (χ1v) is 7.72. The van der Waals surface area contributed by atoms with Crippen molar-refractivity contribution in [1.82, 2.24) is 5.32 Å². The maximum atomic E-state index is 12.0. The lowest BCUT2D eigenvalue weighted by Gasteiger charge is -2.28. The van der Waals surface area contributed by atoms with Crippen molar-refractivity contribution < 1.29 is 9.90 Å². The van der Waals surface area contributed by atoms with Crippen LogP contribution in [0.5, 0.6) is 0 Å². The van der Waals surface area contributed by atoms with Gasteiger partial charge in [0.1, 0.15) is 0 Å². The molecule has 3 N–H and O–H groups in total. The Kier molecular flexibility index (Phi) is 4.88. The van der Waals surface area contributed by atoms with Gasteiger partial charge in [0, 0.05) is 5.69 Å². The summed E-state index contributed by atoms with van der Waals surface area (Å²) in [7, 11) is 0. The van der Waals surface area contributed by atoms with E-state index in [1.54, 1.807) is 0 Å². The minimum Gasteiger partial charge on any atom is -0.391 e. The molecule has 0 aromatic heterocycles. The predicted molar refractivity (Wildman–Crippen MR) is 85.6 cm³/mol. The number of anilines is 1. The molecule has 0 saturated heterocycles. The van der Waals surface area contributed by atoms with Crippen LogP contribution in [0.25, 0.3) is 0 Å². The van der Waals surface area contributed by atoms with Crippen LogP contribution in [0.3, 0.4) is 0 Å². The zero-order valence-electron chi connectivity index (χ0n) is 13.1. The van der Waals surface area contributed by atoms with Gasteiger partial charge in [0.2, 0.25) is 0 Å². The van der Waals surface area contributed by atoms with Gasteiger partial charge in [-0.3, -0.25) is 0 Å². The van der Waals surface area contributed by atoms with Crippen LogP contribution in [0.1, 0.15) is 52.0 Å². The Balaban J connectivity index is 1.90. The van der Waals surface area contributed by atoms with E-state index in [4.69, 9.17) is 0 Å². The second-order valence-electron chi connectivity index (χ2n) is 6.88. The summed E-state index contributed by atoms with van der Waals surface area (Å²) in [5.74, 6) is 0. The van der Waals surface area contributed by atoms with Crippen LogP contribution < -0.4 is 10.6 Å². The number of amides is 2. The lowest BCUT2D eigenvalue weighted by Crippen LogP contribution is -2.46. The summed E-state index contributed by atoms with van der Waals surface area (Å²) >= 11 is 0. The molecule has 1 aromatic carbocycles. The van der Waals surface area contributed by atoms with E-state index >= 15 is 0 Å². The molecule has 0 bridgehead atoms. The molecule has 2 atom stereocenters. The fourth-order valence-electron chi connectivity index (χ4n) is 2.67. The van der Waals surface area contributed by atoms with E-state index in [-0.39, 0.29) is 17.5 Å². The van der Waals surface area contributed by atoms with Crippen LogP contribution in [0, 0.1) is 0 Å². The van der Waals surface area contributed by atoms with Crippen molar-refractivity contribution >= 4 is 11.7 Å². The number of aliphatic hydroxyl groups excluding tert-OH is 1. The summed E-state index contributed by atoms with van der Waals surface area (Å²) in [6.07, 6.45) is 3.29. The lowest BCUT2D eigenvalue weighted by molar-refractivity contribution is 0.0955. The fourth-order valence-corrected chi connectivity index (χ4v) is 2.67. The van der Waals surface area contributed by atoms with Gasteiger partial charge in [0.15, 0.2) is 0 Å². The predicted octanol–water partition coefficient (Wildman–Crippen LogP) is 3.41. The summed E-state index contributed by atoms with van der Waals surface area (Å²) in [4.78, 5) is 12.0. The van der Waals surface area contributed by atoms with Crippen molar-refractivity contribution in [2.45, 2.75) is 64.0 Å². The first-order chi connectivity index (χ1) is 9.86. The second kappa shape index (κ2) is 6.48. The Bertz CT molecular complexity index is 477. The molecule has 1 aliphatic rings. The summed E-state index contributed by atoms with van der Waals surface area (Å²) in [5.41, 5.74) is 2.11. The number of carbonyl (C=O) groups is 1. The quantitative estimate of drug-likeness (QED) is 0.781. The van der Waals surface area contributed by atoms with Crippen molar-refractivity contribution in [3.8, 4) is 0 Å². The van der Waals surface area contributed by atoms with Gasteiger partial charge in [0.05, 0.1) is 12.1 Å². The van der Waals surface area contributed by atoms with Crippen molar-refractivity contribution in [2.75, 3.05) is 5.32 Å². The van der Waals surface area contributed by atoms with Gasteiger partial charge in [-0.25, -0.2) is 4.79 Å². The summed E-state index contributed by atoms with van der Waals surface area (Å²) in [6, 6.07) is 7.52. The van der Waals surface area contributed by atoms with E-state index in [1.165, 1.54) is 5.56 Å². The highest BCUT2D eigenvalue weighted by Crippen LogP contribution is 2.23. The normalized spacial score (nSPS) is 22.7. The third-order valence-corrected chi connectivity index (χ3v) is 4.05. The third-order valence-electron chi connectivity index (χ3n) is 4.05. The van der Waals surface area contributed by atoms with E-state index in [9.17, 15) is 9.90 Å². The molecule has 0 aliphatic heterocycles. The molecule has 2 amide bonds. The van der Waals surface area contributed by atoms with Crippen molar-refractivity contribution in [2.24, 2.45) is 0 Å². The molecule has 0 heterocycles. The van der Waals surface area contributed by atoms with Crippen LogP contribution in [0.4, 0.5) is 10.5 Å². The molecule has 1 aliphatic carbocycles. The molecule has 0 radical (unpaired) electrons. The molecular formula is C17H26N2O2. The van der Waals surface area contributed by atoms with Crippen LogP contribution >= 0.6 is 0 Å². The smallest absolute Gasteiger partial charge is 0.319 e. The number of aliphatic hydroxyl groups is 1. The summed E-state index contributed by atoms with van der Waals surface area (Å²) < 4.78 is 0. The molecule has 0 spiro atoms. The molecule has 2 rings (SSSR count). The highest BCUT2D eigenvalue weighted by molar-refractivity contribution is 5.89. The van der Waals surface area contributed by atoms with Gasteiger partial charge in [-0.15, -0.1) is 0 Å². The van der Waals surface area contributed by atoms with Crippen molar-refractivity contribution in [3.63, 3.8) is 0 Å². The largest absolute Gasteiger partial charge is 0.391 e. The van der Waals surface area contributed by atoms with E-state index in [0.29, 0.717) is 0 Å². The average Bonchev–Trinajstić information content (AvgIpc) is 2.41. The van der Waals surface area contributed by atoms with Gasteiger partial charge in [-0.2, -0.15) is 0 Å². The number of benzene rings is 1. The number of urea groups is 1. The van der Waals surface area contributed by atoms with Gasteiger partial charge in [-0.1, -0.05) is 45.7 Å². The first kappa shape index (κ1) is 15.8. The van der Waals surface area contributed by atoms with Crippen molar-refractivity contribution in [1.29, 1.82) is 0 Å². The standard InChI is InChI=1S/C17H26N2O2/c1-17(2,3)12-8-10-13(11-9-12)18-16(21)19-14-6-4-5-7-15(14)20/h8-11,14-15,20H,4-7H2,1-3H3,(H2,18,19,21). The number of hydrogen-bond acceptors (Lipinski definition) is 2. The summed E-state index contributed by atoms with van der Waals surface area (Å²) in [5, 5.41) is 15.6. The highest BCUT2D eigenvalue weighted by atomic mass is 16.3. The molecule has 4 nitrogen and oxygen atoms in total. The van der Waals surface area contributed by atoms with E-state index in [0.717, 1.165) is 31.4 Å². The molecule has 116 valence electrons. The maximum absolute atomic E-state index is 12.0. The Morgan fingerprint density at radius 3 is 2.33 bits per heavy atom. The highest BCUT2D eigenvalue weighted by Gasteiger charge is 2.24. The fraction of sp³-hybridized carbons (Fsp3) is 0.588. The average molecular weight is 290 g/mol. The maximum Gasteiger partial charge on any atom is 0.319 e.